The van der Waals surface area contributed by atoms with Crippen molar-refractivity contribution in [2.45, 2.75) is 11.8 Å². The largest absolute Gasteiger partial charge is 0.296 e. The zero-order valence-electron chi connectivity index (χ0n) is 16.4. The fourth-order valence-corrected chi connectivity index (χ4v) is 4.67. The fourth-order valence-electron chi connectivity index (χ4n) is 2.82. The number of hydrogen-bond donors (Lipinski definition) is 2. The van der Waals surface area contributed by atoms with Crippen LogP contribution in [0.5, 0.6) is 0 Å². The van der Waals surface area contributed by atoms with Gasteiger partial charge in [0.2, 0.25) is 5.13 Å². The number of benzene rings is 3. The summed E-state index contributed by atoms with van der Waals surface area (Å²) in [5, 5.41) is 11.8. The molecule has 1 aromatic heterocycles. The molecule has 0 radical (unpaired) electrons. The van der Waals surface area contributed by atoms with Gasteiger partial charge in [0.25, 0.3) is 15.9 Å². The highest BCUT2D eigenvalue weighted by Gasteiger charge is 2.19. The number of sulfonamides is 1. The van der Waals surface area contributed by atoms with Gasteiger partial charge in [-0.2, -0.15) is 0 Å². The predicted molar refractivity (Wildman–Crippen MR) is 122 cm³/mol. The summed E-state index contributed by atoms with van der Waals surface area (Å²) in [7, 11) is -3.83. The number of carbonyl (C=O) groups is 1. The highest BCUT2D eigenvalue weighted by Crippen LogP contribution is 2.27. The van der Waals surface area contributed by atoms with E-state index in [-0.39, 0.29) is 16.1 Å². The van der Waals surface area contributed by atoms with Crippen molar-refractivity contribution in [2.75, 3.05) is 10.0 Å². The predicted octanol–water partition coefficient (Wildman–Crippen LogP) is 4.57. The van der Waals surface area contributed by atoms with E-state index in [4.69, 9.17) is 0 Å². The van der Waals surface area contributed by atoms with Crippen molar-refractivity contribution in [1.82, 2.24) is 10.2 Å². The lowest BCUT2D eigenvalue weighted by Gasteiger charge is -2.12. The van der Waals surface area contributed by atoms with Crippen LogP contribution in [0.15, 0.2) is 83.8 Å². The van der Waals surface area contributed by atoms with E-state index in [1.54, 1.807) is 36.4 Å². The first-order valence-corrected chi connectivity index (χ1v) is 11.6. The Morgan fingerprint density at radius 2 is 1.55 bits per heavy atom. The second-order valence-electron chi connectivity index (χ2n) is 6.70. The van der Waals surface area contributed by atoms with Gasteiger partial charge in [-0.05, 0) is 31.2 Å². The second kappa shape index (κ2) is 8.66. The molecule has 0 aliphatic carbocycles. The molecule has 2 N–H and O–H groups in total. The van der Waals surface area contributed by atoms with Crippen LogP contribution in [0.4, 0.5) is 10.8 Å². The molecule has 1 heterocycles. The summed E-state index contributed by atoms with van der Waals surface area (Å²) >= 11 is 1.24. The van der Waals surface area contributed by atoms with Gasteiger partial charge < -0.3 is 0 Å². The molecule has 4 aromatic rings. The summed E-state index contributed by atoms with van der Waals surface area (Å²) in [6.07, 6.45) is 0. The Morgan fingerprint density at radius 3 is 2.29 bits per heavy atom. The van der Waals surface area contributed by atoms with Crippen LogP contribution in [0.25, 0.3) is 10.6 Å². The highest BCUT2D eigenvalue weighted by atomic mass is 32.2. The van der Waals surface area contributed by atoms with Gasteiger partial charge in [0.15, 0.2) is 0 Å². The van der Waals surface area contributed by atoms with E-state index in [2.05, 4.69) is 20.2 Å². The Labute approximate surface area is 183 Å². The monoisotopic (exact) mass is 450 g/mol. The standard InChI is InChI=1S/C22H18N4O3S2/c1-15-11-13-16(14-12-15)21-24-25-22(30-21)23-20(27)18-9-5-6-10-19(18)26-31(28,29)17-7-3-2-4-8-17/h2-14,26H,1H3,(H,23,25,27). The Morgan fingerprint density at radius 1 is 0.871 bits per heavy atom. The van der Waals surface area contributed by atoms with Crippen molar-refractivity contribution in [1.29, 1.82) is 0 Å². The molecule has 1 amide bonds. The first kappa shape index (κ1) is 20.7. The van der Waals surface area contributed by atoms with Crippen molar-refractivity contribution in [3.63, 3.8) is 0 Å². The molecule has 31 heavy (non-hydrogen) atoms. The average Bonchev–Trinajstić information content (AvgIpc) is 3.23. The normalized spacial score (nSPS) is 11.1. The molecule has 0 saturated heterocycles. The summed E-state index contributed by atoms with van der Waals surface area (Å²) in [5.74, 6) is -0.488. The van der Waals surface area contributed by atoms with Crippen LogP contribution in [-0.2, 0) is 10.0 Å². The molecule has 9 heteroatoms. The minimum atomic E-state index is -3.83. The molecule has 0 spiro atoms. The molecule has 0 fully saturated rings. The van der Waals surface area contributed by atoms with Crippen LogP contribution in [0, 0.1) is 6.92 Å². The number of amides is 1. The van der Waals surface area contributed by atoms with Gasteiger partial charge in [-0.1, -0.05) is 71.5 Å². The van der Waals surface area contributed by atoms with Crippen LogP contribution in [0.1, 0.15) is 15.9 Å². The quantitative estimate of drug-likeness (QED) is 0.448. The third-order valence-corrected chi connectivity index (χ3v) is 6.68. The molecule has 3 aromatic carbocycles. The van der Waals surface area contributed by atoms with Crippen LogP contribution in [0.2, 0.25) is 0 Å². The number of nitrogens with one attached hydrogen (secondary N) is 2. The van der Waals surface area contributed by atoms with Crippen LogP contribution >= 0.6 is 11.3 Å². The topological polar surface area (TPSA) is 101 Å². The van der Waals surface area contributed by atoms with E-state index < -0.39 is 15.9 Å². The SMILES string of the molecule is Cc1ccc(-c2nnc(NC(=O)c3ccccc3NS(=O)(=O)c3ccccc3)s2)cc1. The van der Waals surface area contributed by atoms with Crippen LogP contribution < -0.4 is 10.0 Å². The Kier molecular flexibility index (Phi) is 5.79. The van der Waals surface area contributed by atoms with Gasteiger partial charge in [-0.15, -0.1) is 10.2 Å². The molecular weight excluding hydrogens is 432 g/mol. The van der Waals surface area contributed by atoms with E-state index in [0.717, 1.165) is 11.1 Å². The molecular formula is C22H18N4O3S2. The number of aromatic nitrogens is 2. The first-order valence-electron chi connectivity index (χ1n) is 9.31. The molecule has 0 atom stereocenters. The zero-order valence-corrected chi connectivity index (χ0v) is 18.1. The van der Waals surface area contributed by atoms with Gasteiger partial charge in [-0.3, -0.25) is 14.8 Å². The van der Waals surface area contributed by atoms with Crippen molar-refractivity contribution in [3.8, 4) is 10.6 Å². The summed E-state index contributed by atoms with van der Waals surface area (Å²) in [4.78, 5) is 12.9. The maximum atomic E-state index is 12.8. The Hall–Kier alpha value is -3.56. The van der Waals surface area contributed by atoms with Gasteiger partial charge in [0.05, 0.1) is 16.1 Å². The molecule has 156 valence electrons. The van der Waals surface area contributed by atoms with Crippen molar-refractivity contribution in [2.24, 2.45) is 0 Å². The van der Waals surface area contributed by atoms with E-state index in [0.29, 0.717) is 10.1 Å². The van der Waals surface area contributed by atoms with Gasteiger partial charge in [0.1, 0.15) is 5.01 Å². The minimum absolute atomic E-state index is 0.108. The van der Waals surface area contributed by atoms with E-state index in [1.165, 1.54) is 29.5 Å². The van der Waals surface area contributed by atoms with E-state index in [1.807, 2.05) is 31.2 Å². The molecule has 0 saturated carbocycles. The molecule has 0 aliphatic rings. The lowest BCUT2D eigenvalue weighted by Crippen LogP contribution is -2.18. The molecule has 0 unspecified atom stereocenters. The van der Waals surface area contributed by atoms with Crippen molar-refractivity contribution >= 4 is 38.1 Å². The van der Waals surface area contributed by atoms with Crippen molar-refractivity contribution in [3.05, 3.63) is 90.0 Å². The molecule has 0 aliphatic heterocycles. The molecule has 4 rings (SSSR count). The average molecular weight is 451 g/mol. The summed E-state index contributed by atoms with van der Waals surface area (Å²) in [6, 6.07) is 22.2. The fraction of sp³-hybridized carbons (Fsp3) is 0.0455. The maximum Gasteiger partial charge on any atom is 0.261 e. The lowest BCUT2D eigenvalue weighted by atomic mass is 10.2. The number of carbonyl (C=O) groups excluding carboxylic acids is 1. The van der Waals surface area contributed by atoms with E-state index >= 15 is 0 Å². The minimum Gasteiger partial charge on any atom is -0.296 e. The highest BCUT2D eigenvalue weighted by molar-refractivity contribution is 7.92. The Bertz CT molecular complexity index is 1320. The maximum absolute atomic E-state index is 12.8. The number of nitrogens with zero attached hydrogens (tertiary/aromatic N) is 2. The number of hydrogen-bond acceptors (Lipinski definition) is 6. The lowest BCUT2D eigenvalue weighted by molar-refractivity contribution is 0.102. The number of aryl methyl sites for hydroxylation is 1. The second-order valence-corrected chi connectivity index (χ2v) is 9.36. The summed E-state index contributed by atoms with van der Waals surface area (Å²) in [5.41, 5.74) is 2.39. The van der Waals surface area contributed by atoms with Gasteiger partial charge in [0, 0.05) is 5.56 Å². The number of para-hydroxylation sites is 1. The third kappa shape index (κ3) is 4.79. The van der Waals surface area contributed by atoms with Crippen LogP contribution in [-0.4, -0.2) is 24.5 Å². The summed E-state index contributed by atoms with van der Waals surface area (Å²) in [6.45, 7) is 2.00. The van der Waals surface area contributed by atoms with E-state index in [9.17, 15) is 13.2 Å². The molecule has 7 nitrogen and oxygen atoms in total. The van der Waals surface area contributed by atoms with Gasteiger partial charge >= 0.3 is 0 Å². The first-order chi connectivity index (χ1) is 14.9. The smallest absolute Gasteiger partial charge is 0.261 e. The van der Waals surface area contributed by atoms with Crippen molar-refractivity contribution < 1.29 is 13.2 Å². The zero-order chi connectivity index (χ0) is 21.8. The molecule has 0 bridgehead atoms. The number of anilines is 2. The Balaban J connectivity index is 1.54. The number of rotatable bonds is 6. The van der Waals surface area contributed by atoms with Gasteiger partial charge in [-0.25, -0.2) is 8.42 Å². The van der Waals surface area contributed by atoms with Crippen LogP contribution in [0.3, 0.4) is 0 Å². The third-order valence-electron chi connectivity index (χ3n) is 4.41. The summed E-state index contributed by atoms with van der Waals surface area (Å²) < 4.78 is 27.8.